The third kappa shape index (κ3) is 1.94. The summed E-state index contributed by atoms with van der Waals surface area (Å²) in [7, 11) is -3.59. The van der Waals surface area contributed by atoms with E-state index in [-0.39, 0.29) is 4.21 Å². The van der Waals surface area contributed by atoms with Crippen molar-refractivity contribution in [3.63, 3.8) is 0 Å². The van der Waals surface area contributed by atoms with E-state index in [9.17, 15) is 8.42 Å². The van der Waals surface area contributed by atoms with Crippen LogP contribution in [0.1, 0.15) is 10.4 Å². The Morgan fingerprint density at radius 1 is 1.30 bits per heavy atom. The molecular formula is C13H11N3O2S2. The van der Waals surface area contributed by atoms with E-state index >= 15 is 0 Å². The Morgan fingerprint density at radius 3 is 2.80 bits per heavy atom. The van der Waals surface area contributed by atoms with Gasteiger partial charge in [-0.15, -0.1) is 11.3 Å². The second-order valence-electron chi connectivity index (χ2n) is 4.45. The molecule has 0 atom stereocenters. The first-order valence-electron chi connectivity index (χ1n) is 5.93. The molecule has 102 valence electrons. The van der Waals surface area contributed by atoms with Crippen LogP contribution in [0.5, 0.6) is 0 Å². The maximum atomic E-state index is 12.6. The molecule has 1 aromatic carbocycles. The minimum absolute atomic E-state index is 0.193. The van der Waals surface area contributed by atoms with Crippen LogP contribution in [0.4, 0.5) is 11.4 Å². The van der Waals surface area contributed by atoms with Crippen LogP contribution in [-0.4, -0.2) is 15.0 Å². The van der Waals surface area contributed by atoms with Crippen molar-refractivity contribution in [3.05, 3.63) is 40.8 Å². The number of thiophene rings is 1. The van der Waals surface area contributed by atoms with E-state index in [1.165, 1.54) is 16.4 Å². The fourth-order valence-electron chi connectivity index (χ4n) is 2.27. The number of hydrogen-bond donors (Lipinski definition) is 1. The summed E-state index contributed by atoms with van der Waals surface area (Å²) in [4.78, 5) is 0.389. The number of fused-ring (bicyclic) bond motifs is 1. The number of anilines is 2. The van der Waals surface area contributed by atoms with E-state index in [4.69, 9.17) is 11.0 Å². The molecule has 1 aliphatic heterocycles. The number of hydrogen-bond acceptors (Lipinski definition) is 5. The minimum Gasteiger partial charge on any atom is -0.399 e. The smallest absolute Gasteiger partial charge is 0.273 e. The lowest BCUT2D eigenvalue weighted by Gasteiger charge is -2.18. The zero-order valence-electron chi connectivity index (χ0n) is 10.4. The van der Waals surface area contributed by atoms with Crippen molar-refractivity contribution in [2.45, 2.75) is 10.6 Å². The Hall–Kier alpha value is -2.04. The topological polar surface area (TPSA) is 87.2 Å². The van der Waals surface area contributed by atoms with Crippen LogP contribution >= 0.6 is 11.3 Å². The van der Waals surface area contributed by atoms with Crippen molar-refractivity contribution in [2.24, 2.45) is 0 Å². The molecule has 0 spiro atoms. The lowest BCUT2D eigenvalue weighted by Crippen LogP contribution is -2.28. The summed E-state index contributed by atoms with van der Waals surface area (Å²) in [5, 5.41) is 8.81. The van der Waals surface area contributed by atoms with Crippen molar-refractivity contribution in [1.82, 2.24) is 0 Å². The molecule has 0 radical (unpaired) electrons. The van der Waals surface area contributed by atoms with E-state index in [1.54, 1.807) is 18.2 Å². The van der Waals surface area contributed by atoms with Crippen LogP contribution in [-0.2, 0) is 16.4 Å². The van der Waals surface area contributed by atoms with Crippen LogP contribution < -0.4 is 10.0 Å². The normalized spacial score (nSPS) is 14.1. The van der Waals surface area contributed by atoms with Gasteiger partial charge in [-0.3, -0.25) is 4.31 Å². The Kier molecular flexibility index (Phi) is 2.92. The van der Waals surface area contributed by atoms with Crippen LogP contribution in [0.3, 0.4) is 0 Å². The van der Waals surface area contributed by atoms with Gasteiger partial charge in [0.25, 0.3) is 10.0 Å². The molecule has 0 fully saturated rings. The fraction of sp³-hybridized carbons (Fsp3) is 0.154. The lowest BCUT2D eigenvalue weighted by atomic mass is 10.1. The van der Waals surface area contributed by atoms with Gasteiger partial charge < -0.3 is 5.73 Å². The van der Waals surface area contributed by atoms with Crippen LogP contribution in [0.2, 0.25) is 0 Å². The third-order valence-electron chi connectivity index (χ3n) is 3.19. The van der Waals surface area contributed by atoms with E-state index in [0.717, 1.165) is 16.9 Å². The Bertz CT molecular complexity index is 818. The molecule has 20 heavy (non-hydrogen) atoms. The van der Waals surface area contributed by atoms with Crippen LogP contribution in [0.25, 0.3) is 0 Å². The number of nitriles is 1. The molecule has 3 rings (SSSR count). The van der Waals surface area contributed by atoms with Crippen molar-refractivity contribution < 1.29 is 8.42 Å². The Morgan fingerprint density at radius 2 is 2.10 bits per heavy atom. The standard InChI is InChI=1S/C13H11N3O2S2/c14-8-11-2-4-13(19-11)20(17,18)16-6-5-9-7-10(15)1-3-12(9)16/h1-4,7H,5-6,15H2. The summed E-state index contributed by atoms with van der Waals surface area (Å²) < 4.78 is 26.8. The number of nitrogens with two attached hydrogens (primary N) is 1. The molecule has 1 aliphatic rings. The van der Waals surface area contributed by atoms with Gasteiger partial charge in [0.15, 0.2) is 0 Å². The van der Waals surface area contributed by atoms with Gasteiger partial charge in [-0.05, 0) is 42.3 Å². The SMILES string of the molecule is N#Cc1ccc(S(=O)(=O)N2CCc3cc(N)ccc32)s1. The molecule has 0 unspecified atom stereocenters. The van der Waals surface area contributed by atoms with Gasteiger partial charge in [0.1, 0.15) is 15.2 Å². The summed E-state index contributed by atoms with van der Waals surface area (Å²) in [5.41, 5.74) is 7.95. The summed E-state index contributed by atoms with van der Waals surface area (Å²) in [6.07, 6.45) is 0.649. The van der Waals surface area contributed by atoms with Gasteiger partial charge in [-0.25, -0.2) is 8.42 Å². The zero-order valence-corrected chi connectivity index (χ0v) is 12.0. The maximum Gasteiger partial charge on any atom is 0.273 e. The highest BCUT2D eigenvalue weighted by Crippen LogP contribution is 2.35. The summed E-state index contributed by atoms with van der Waals surface area (Å²) in [6.45, 7) is 0.404. The molecule has 0 saturated carbocycles. The predicted octanol–water partition coefficient (Wildman–Crippen LogP) is 1.95. The maximum absolute atomic E-state index is 12.6. The summed E-state index contributed by atoms with van der Waals surface area (Å²) in [5.74, 6) is 0. The average molecular weight is 305 g/mol. The number of nitrogens with zero attached hydrogens (tertiary/aromatic N) is 2. The van der Waals surface area contributed by atoms with Gasteiger partial charge in [-0.1, -0.05) is 0 Å². The highest BCUT2D eigenvalue weighted by atomic mass is 32.2. The molecular weight excluding hydrogens is 294 g/mol. The van der Waals surface area contributed by atoms with Crippen LogP contribution in [0.15, 0.2) is 34.5 Å². The number of rotatable bonds is 2. The summed E-state index contributed by atoms with van der Waals surface area (Å²) >= 11 is 0.989. The van der Waals surface area contributed by atoms with E-state index in [2.05, 4.69) is 0 Å². The Balaban J connectivity index is 2.05. The molecule has 1 aromatic heterocycles. The predicted molar refractivity (Wildman–Crippen MR) is 78.1 cm³/mol. The molecule has 5 nitrogen and oxygen atoms in total. The molecule has 2 N–H and O–H groups in total. The number of sulfonamides is 1. The van der Waals surface area contributed by atoms with Crippen molar-refractivity contribution >= 4 is 32.7 Å². The van der Waals surface area contributed by atoms with Crippen LogP contribution in [0, 0.1) is 11.3 Å². The van der Waals surface area contributed by atoms with Gasteiger partial charge in [0.2, 0.25) is 0 Å². The molecule has 2 heterocycles. The highest BCUT2D eigenvalue weighted by molar-refractivity contribution is 7.94. The van der Waals surface area contributed by atoms with Crippen molar-refractivity contribution in [1.29, 1.82) is 5.26 Å². The average Bonchev–Trinajstić information content (AvgIpc) is 3.04. The quantitative estimate of drug-likeness (QED) is 0.859. The fourth-order valence-corrected chi connectivity index (χ4v) is 4.99. The van der Waals surface area contributed by atoms with E-state index in [1.807, 2.05) is 6.07 Å². The highest BCUT2D eigenvalue weighted by Gasteiger charge is 2.31. The molecule has 0 saturated heterocycles. The molecule has 0 aliphatic carbocycles. The van der Waals surface area contributed by atoms with Gasteiger partial charge in [-0.2, -0.15) is 5.26 Å². The molecule has 0 bridgehead atoms. The van der Waals surface area contributed by atoms with Gasteiger partial charge in [0, 0.05) is 12.2 Å². The Labute approximate surface area is 120 Å². The van der Waals surface area contributed by atoms with Crippen molar-refractivity contribution in [3.8, 4) is 6.07 Å². The van der Waals surface area contributed by atoms with E-state index < -0.39 is 10.0 Å². The number of benzene rings is 1. The first kappa shape index (κ1) is 13.0. The third-order valence-corrected chi connectivity index (χ3v) is 6.46. The van der Waals surface area contributed by atoms with Gasteiger partial charge in [0.05, 0.1) is 5.69 Å². The lowest BCUT2D eigenvalue weighted by molar-refractivity contribution is 0.594. The summed E-state index contributed by atoms with van der Waals surface area (Å²) in [6, 6.07) is 10.2. The minimum atomic E-state index is -3.59. The second kappa shape index (κ2) is 4.51. The first-order valence-corrected chi connectivity index (χ1v) is 8.19. The van der Waals surface area contributed by atoms with Gasteiger partial charge >= 0.3 is 0 Å². The largest absolute Gasteiger partial charge is 0.399 e. The second-order valence-corrected chi connectivity index (χ2v) is 7.62. The zero-order chi connectivity index (χ0) is 14.3. The monoisotopic (exact) mass is 305 g/mol. The number of nitrogen functional groups attached to an aromatic ring is 1. The molecule has 2 aromatic rings. The molecule has 7 heteroatoms. The molecule has 0 amide bonds. The van der Waals surface area contributed by atoms with Crippen molar-refractivity contribution in [2.75, 3.05) is 16.6 Å². The first-order chi connectivity index (χ1) is 9.52. The van der Waals surface area contributed by atoms with E-state index in [0.29, 0.717) is 29.2 Å².